The number of aliphatic carboxylic acids is 1. The molecule has 6 nitrogen and oxygen atoms in total. The Morgan fingerprint density at radius 2 is 2.00 bits per heavy atom. The van der Waals surface area contributed by atoms with Gasteiger partial charge in [0.05, 0.1) is 19.5 Å². The third kappa shape index (κ3) is 4.98. The van der Waals surface area contributed by atoms with E-state index < -0.39 is 23.3 Å². The number of benzene rings is 1. The van der Waals surface area contributed by atoms with Crippen LogP contribution in [0.1, 0.15) is 27.2 Å². The van der Waals surface area contributed by atoms with E-state index in [1.807, 2.05) is 18.2 Å². The quantitative estimate of drug-likeness (QED) is 0.739. The summed E-state index contributed by atoms with van der Waals surface area (Å²) in [6.07, 6.45) is -0.623. The van der Waals surface area contributed by atoms with E-state index in [1.54, 1.807) is 26.8 Å². The predicted octanol–water partition coefficient (Wildman–Crippen LogP) is 3.13. The largest absolute Gasteiger partial charge is 0.483 e. The van der Waals surface area contributed by atoms with Crippen molar-refractivity contribution in [2.24, 2.45) is 0 Å². The lowest BCUT2D eigenvalue weighted by atomic mass is 9.90. The Balaban J connectivity index is 2.06. The van der Waals surface area contributed by atoms with Crippen LogP contribution in [0, 0.1) is 3.57 Å². The Morgan fingerprint density at radius 1 is 1.35 bits per heavy atom. The maximum Gasteiger partial charge on any atom is 0.410 e. The summed E-state index contributed by atoms with van der Waals surface area (Å²) in [4.78, 5) is 24.6. The first kappa shape index (κ1) is 17.8. The average Bonchev–Trinajstić information content (AvgIpc) is 2.32. The Hall–Kier alpha value is -1.51. The van der Waals surface area contributed by atoms with Crippen molar-refractivity contribution in [3.63, 3.8) is 0 Å². The minimum Gasteiger partial charge on any atom is -0.483 e. The van der Waals surface area contributed by atoms with E-state index in [2.05, 4.69) is 22.6 Å². The number of carboxylic acid groups (broad SMARTS) is 1. The van der Waals surface area contributed by atoms with Crippen LogP contribution in [0.3, 0.4) is 0 Å². The van der Waals surface area contributed by atoms with Crippen LogP contribution in [0.5, 0.6) is 5.75 Å². The molecule has 2 rings (SSSR count). The van der Waals surface area contributed by atoms with Crippen molar-refractivity contribution in [3.05, 3.63) is 27.8 Å². The van der Waals surface area contributed by atoms with Gasteiger partial charge in [0, 0.05) is 3.57 Å². The molecule has 126 valence electrons. The predicted molar refractivity (Wildman–Crippen MR) is 92.6 cm³/mol. The number of halogens is 1. The molecule has 0 aliphatic carbocycles. The van der Waals surface area contributed by atoms with Gasteiger partial charge >= 0.3 is 12.1 Å². The number of carbonyl (C=O) groups is 2. The molecule has 0 bridgehead atoms. The van der Waals surface area contributed by atoms with E-state index in [9.17, 15) is 9.59 Å². The first-order valence-corrected chi connectivity index (χ1v) is 8.31. The number of carboxylic acids is 1. The minimum atomic E-state index is -0.959. The molecule has 1 saturated heterocycles. The number of likely N-dealkylation sites (tertiary alicyclic amines) is 1. The zero-order valence-electron chi connectivity index (χ0n) is 13.3. The molecule has 1 heterocycles. The fourth-order valence-corrected chi connectivity index (χ4v) is 2.89. The van der Waals surface area contributed by atoms with Crippen LogP contribution in [0.2, 0.25) is 0 Å². The van der Waals surface area contributed by atoms with E-state index in [0.717, 1.165) is 3.57 Å². The molecule has 1 aromatic carbocycles. The molecule has 0 aromatic heterocycles. The van der Waals surface area contributed by atoms with Crippen LogP contribution in [0.25, 0.3) is 0 Å². The van der Waals surface area contributed by atoms with Gasteiger partial charge in [0.25, 0.3) is 0 Å². The Morgan fingerprint density at radius 3 is 2.52 bits per heavy atom. The highest BCUT2D eigenvalue weighted by atomic mass is 127. The first-order valence-electron chi connectivity index (χ1n) is 7.23. The van der Waals surface area contributed by atoms with E-state index in [1.165, 1.54) is 4.90 Å². The minimum absolute atomic E-state index is 0.169. The normalized spacial score (nSPS) is 16.4. The molecule has 0 radical (unpaired) electrons. The highest BCUT2D eigenvalue weighted by Crippen LogP contribution is 2.32. The monoisotopic (exact) mass is 433 g/mol. The van der Waals surface area contributed by atoms with Gasteiger partial charge in [-0.05, 0) is 61.6 Å². The maximum absolute atomic E-state index is 12.0. The summed E-state index contributed by atoms with van der Waals surface area (Å²) >= 11 is 2.16. The van der Waals surface area contributed by atoms with Gasteiger partial charge in [-0.1, -0.05) is 6.07 Å². The summed E-state index contributed by atoms with van der Waals surface area (Å²) in [5.41, 5.74) is -1.49. The molecule has 0 atom stereocenters. The van der Waals surface area contributed by atoms with Crippen molar-refractivity contribution in [2.75, 3.05) is 13.1 Å². The summed E-state index contributed by atoms with van der Waals surface area (Å²) in [6.45, 7) is 5.76. The lowest BCUT2D eigenvalue weighted by molar-refractivity contribution is -0.149. The van der Waals surface area contributed by atoms with Gasteiger partial charge in [0.2, 0.25) is 0 Å². The summed E-state index contributed by atoms with van der Waals surface area (Å²) in [6, 6.07) is 7.38. The lowest BCUT2D eigenvalue weighted by Crippen LogP contribution is -2.67. The van der Waals surface area contributed by atoms with Crippen LogP contribution < -0.4 is 4.74 Å². The molecule has 1 fully saturated rings. The highest BCUT2D eigenvalue weighted by Gasteiger charge is 2.50. The summed E-state index contributed by atoms with van der Waals surface area (Å²) < 4.78 is 12.2. The van der Waals surface area contributed by atoms with Crippen molar-refractivity contribution in [2.45, 2.75) is 38.4 Å². The Bertz CT molecular complexity index is 605. The van der Waals surface area contributed by atoms with Gasteiger partial charge in [-0.15, -0.1) is 0 Å². The fraction of sp³-hybridized carbons (Fsp3) is 0.500. The van der Waals surface area contributed by atoms with Gasteiger partial charge in [0.1, 0.15) is 11.4 Å². The fourth-order valence-electron chi connectivity index (χ4n) is 2.37. The highest BCUT2D eigenvalue weighted by molar-refractivity contribution is 14.1. The van der Waals surface area contributed by atoms with Gasteiger partial charge in [-0.3, -0.25) is 9.69 Å². The number of amides is 1. The molecule has 7 heteroatoms. The van der Waals surface area contributed by atoms with E-state index in [0.29, 0.717) is 5.75 Å². The number of ether oxygens (including phenoxy) is 2. The molecule has 23 heavy (non-hydrogen) atoms. The van der Waals surface area contributed by atoms with E-state index >= 15 is 0 Å². The lowest BCUT2D eigenvalue weighted by Gasteiger charge is -2.48. The number of hydrogen-bond acceptors (Lipinski definition) is 4. The van der Waals surface area contributed by atoms with E-state index in [-0.39, 0.29) is 19.5 Å². The van der Waals surface area contributed by atoms with Crippen LogP contribution >= 0.6 is 22.6 Å². The zero-order valence-corrected chi connectivity index (χ0v) is 15.5. The Labute approximate surface area is 148 Å². The number of nitrogens with zero attached hydrogens (tertiary/aromatic N) is 1. The Kier molecular flexibility index (Phi) is 5.07. The molecule has 0 saturated carbocycles. The molecule has 1 aromatic rings. The van der Waals surface area contributed by atoms with E-state index in [4.69, 9.17) is 14.6 Å². The summed E-state index contributed by atoms with van der Waals surface area (Å²) in [7, 11) is 0. The standard InChI is InChI=1S/C16H20INO5/c1-15(2,3)23-14(21)18-9-16(10-18,8-13(19)20)22-12-6-4-5-11(17)7-12/h4-7H,8-10H2,1-3H3,(H,19,20). The molecule has 1 aliphatic heterocycles. The van der Waals surface area contributed by atoms with Gasteiger partial charge in [0.15, 0.2) is 5.60 Å². The second-order valence-electron chi connectivity index (χ2n) is 6.65. The van der Waals surface area contributed by atoms with Crippen LogP contribution in [-0.4, -0.2) is 46.4 Å². The summed E-state index contributed by atoms with van der Waals surface area (Å²) in [5.74, 6) is -0.360. The molecular formula is C16H20INO5. The van der Waals surface area contributed by atoms with Crippen molar-refractivity contribution >= 4 is 34.7 Å². The van der Waals surface area contributed by atoms with Gasteiger partial charge < -0.3 is 14.6 Å². The van der Waals surface area contributed by atoms with Crippen molar-refractivity contribution in [1.29, 1.82) is 0 Å². The average molecular weight is 433 g/mol. The van der Waals surface area contributed by atoms with Crippen molar-refractivity contribution in [3.8, 4) is 5.75 Å². The first-order chi connectivity index (χ1) is 10.6. The second-order valence-corrected chi connectivity index (χ2v) is 7.90. The molecule has 0 unspecified atom stereocenters. The van der Waals surface area contributed by atoms with Crippen LogP contribution in [-0.2, 0) is 9.53 Å². The van der Waals surface area contributed by atoms with Crippen LogP contribution in [0.15, 0.2) is 24.3 Å². The topological polar surface area (TPSA) is 76.1 Å². The second kappa shape index (κ2) is 6.54. The molecule has 1 N–H and O–H groups in total. The summed E-state index contributed by atoms with van der Waals surface area (Å²) in [5, 5.41) is 9.14. The van der Waals surface area contributed by atoms with Crippen molar-refractivity contribution < 1.29 is 24.2 Å². The van der Waals surface area contributed by atoms with Crippen LogP contribution in [0.4, 0.5) is 4.79 Å². The third-order valence-corrected chi connectivity index (χ3v) is 3.88. The smallest absolute Gasteiger partial charge is 0.410 e. The SMILES string of the molecule is CC(C)(C)OC(=O)N1CC(CC(=O)O)(Oc2cccc(I)c2)C1. The van der Waals surface area contributed by atoms with Gasteiger partial charge in [-0.2, -0.15) is 0 Å². The molecule has 1 aliphatic rings. The molecule has 1 amide bonds. The number of hydrogen-bond donors (Lipinski definition) is 1. The zero-order chi connectivity index (χ0) is 17.3. The maximum atomic E-state index is 12.0. The molecule has 0 spiro atoms. The number of rotatable bonds is 4. The van der Waals surface area contributed by atoms with Crippen molar-refractivity contribution in [1.82, 2.24) is 4.90 Å². The van der Waals surface area contributed by atoms with Gasteiger partial charge in [-0.25, -0.2) is 4.79 Å². The third-order valence-electron chi connectivity index (χ3n) is 3.21. The number of carbonyl (C=O) groups excluding carboxylic acids is 1. The molecular weight excluding hydrogens is 413 g/mol.